The molecule has 0 aromatic heterocycles. The van der Waals surface area contributed by atoms with Crippen molar-refractivity contribution in [2.24, 2.45) is 17.3 Å². The molecule has 1 saturated carbocycles. The number of aliphatic hydroxyl groups excluding tert-OH is 1. The first kappa shape index (κ1) is 11.1. The average Bonchev–Trinajstić information content (AvgIpc) is 2.82. The van der Waals surface area contributed by atoms with Crippen molar-refractivity contribution in [3.63, 3.8) is 0 Å². The van der Waals surface area contributed by atoms with Gasteiger partial charge in [0.2, 0.25) is 0 Å². The van der Waals surface area contributed by atoms with Crippen LogP contribution in [0.15, 0.2) is 24.3 Å². The van der Waals surface area contributed by atoms with Gasteiger partial charge in [0, 0.05) is 23.5 Å². The molecule has 1 aromatic carbocycles. The van der Waals surface area contributed by atoms with Gasteiger partial charge in [-0.1, -0.05) is 39.0 Å². The summed E-state index contributed by atoms with van der Waals surface area (Å²) in [7, 11) is 0. The number of rotatable bonds is 1. The zero-order valence-corrected chi connectivity index (χ0v) is 10.7. The van der Waals surface area contributed by atoms with Gasteiger partial charge in [-0.3, -0.25) is 0 Å². The highest BCUT2D eigenvalue weighted by Crippen LogP contribution is 2.74. The number of hydrogen-bond acceptors (Lipinski definition) is 2. The molecule has 2 heteroatoms. The maximum absolute atomic E-state index is 9.66. The Morgan fingerprint density at radius 2 is 2.06 bits per heavy atom. The highest BCUT2D eigenvalue weighted by molar-refractivity contribution is 5.51. The highest BCUT2D eigenvalue weighted by atomic mass is 16.5. The SMILES string of the molecule is CC1COc2ccccc2C12C(CO)C2(C)C. The van der Waals surface area contributed by atoms with Crippen molar-refractivity contribution in [1.29, 1.82) is 0 Å². The van der Waals surface area contributed by atoms with E-state index in [1.807, 2.05) is 12.1 Å². The van der Waals surface area contributed by atoms with Crippen molar-refractivity contribution in [2.45, 2.75) is 26.2 Å². The fourth-order valence-electron chi connectivity index (χ4n) is 4.34. The second-order valence-electron chi connectivity index (χ2n) is 6.03. The largest absolute Gasteiger partial charge is 0.493 e. The van der Waals surface area contributed by atoms with Crippen LogP contribution in [0.25, 0.3) is 0 Å². The Balaban J connectivity index is 2.18. The van der Waals surface area contributed by atoms with Crippen LogP contribution in [0.5, 0.6) is 5.75 Å². The van der Waals surface area contributed by atoms with Gasteiger partial charge in [0.1, 0.15) is 5.75 Å². The minimum Gasteiger partial charge on any atom is -0.493 e. The zero-order chi connectivity index (χ0) is 12.3. The smallest absolute Gasteiger partial charge is 0.123 e. The fraction of sp³-hybridized carbons (Fsp3) is 0.600. The summed E-state index contributed by atoms with van der Waals surface area (Å²) in [6, 6.07) is 8.31. The Labute approximate surface area is 103 Å². The molecule has 3 atom stereocenters. The lowest BCUT2D eigenvalue weighted by atomic mass is 9.76. The van der Waals surface area contributed by atoms with Crippen LogP contribution < -0.4 is 4.74 Å². The zero-order valence-electron chi connectivity index (χ0n) is 10.7. The van der Waals surface area contributed by atoms with E-state index >= 15 is 0 Å². The van der Waals surface area contributed by atoms with Crippen LogP contribution in [-0.4, -0.2) is 18.3 Å². The van der Waals surface area contributed by atoms with E-state index in [0.29, 0.717) is 11.8 Å². The lowest BCUT2D eigenvalue weighted by molar-refractivity contribution is 0.165. The summed E-state index contributed by atoms with van der Waals surface area (Å²) in [5.41, 5.74) is 1.57. The Morgan fingerprint density at radius 3 is 2.71 bits per heavy atom. The molecule has 1 aliphatic heterocycles. The molecule has 3 rings (SSSR count). The first-order valence-electron chi connectivity index (χ1n) is 6.40. The number of aliphatic hydroxyl groups is 1. The number of fused-ring (bicyclic) bond motifs is 2. The minimum atomic E-state index is 0.108. The van der Waals surface area contributed by atoms with Crippen molar-refractivity contribution in [3.8, 4) is 5.75 Å². The van der Waals surface area contributed by atoms with E-state index in [-0.39, 0.29) is 17.4 Å². The van der Waals surface area contributed by atoms with Gasteiger partial charge in [-0.25, -0.2) is 0 Å². The van der Waals surface area contributed by atoms with Crippen LogP contribution in [0.4, 0.5) is 0 Å². The summed E-state index contributed by atoms with van der Waals surface area (Å²) < 4.78 is 5.82. The van der Waals surface area contributed by atoms with Crippen molar-refractivity contribution in [3.05, 3.63) is 29.8 Å². The molecule has 2 aliphatic rings. The molecule has 1 spiro atoms. The normalized spacial score (nSPS) is 37.4. The summed E-state index contributed by atoms with van der Waals surface area (Å²) in [6.07, 6.45) is 0. The van der Waals surface area contributed by atoms with Crippen molar-refractivity contribution >= 4 is 0 Å². The fourth-order valence-corrected chi connectivity index (χ4v) is 4.34. The topological polar surface area (TPSA) is 29.5 Å². The Kier molecular flexibility index (Phi) is 2.13. The number of benzene rings is 1. The molecular weight excluding hydrogens is 212 g/mol. The van der Waals surface area contributed by atoms with E-state index in [9.17, 15) is 5.11 Å². The van der Waals surface area contributed by atoms with E-state index in [1.54, 1.807) is 0 Å². The summed E-state index contributed by atoms with van der Waals surface area (Å²) >= 11 is 0. The monoisotopic (exact) mass is 232 g/mol. The third-order valence-electron chi connectivity index (χ3n) is 5.19. The molecule has 1 N–H and O–H groups in total. The minimum absolute atomic E-state index is 0.108. The predicted molar refractivity (Wildman–Crippen MR) is 67.1 cm³/mol. The molecule has 2 nitrogen and oxygen atoms in total. The van der Waals surface area contributed by atoms with Crippen LogP contribution in [0.2, 0.25) is 0 Å². The van der Waals surface area contributed by atoms with Gasteiger partial charge < -0.3 is 9.84 Å². The lowest BCUT2D eigenvalue weighted by Crippen LogP contribution is -2.34. The van der Waals surface area contributed by atoms with Gasteiger partial charge in [-0.05, 0) is 17.4 Å². The van der Waals surface area contributed by atoms with Crippen molar-refractivity contribution < 1.29 is 9.84 Å². The summed E-state index contributed by atoms with van der Waals surface area (Å²) in [6.45, 7) is 7.81. The molecule has 3 unspecified atom stereocenters. The number of hydrogen-bond donors (Lipinski definition) is 1. The Bertz CT molecular complexity index is 452. The lowest BCUT2D eigenvalue weighted by Gasteiger charge is -2.35. The average molecular weight is 232 g/mol. The van der Waals surface area contributed by atoms with Crippen molar-refractivity contribution in [1.82, 2.24) is 0 Å². The highest BCUT2D eigenvalue weighted by Gasteiger charge is 2.74. The van der Waals surface area contributed by atoms with Crippen LogP contribution in [0.3, 0.4) is 0 Å². The molecular formula is C15H20O2. The third kappa shape index (κ3) is 1.10. The second kappa shape index (κ2) is 3.26. The van der Waals surface area contributed by atoms with Crippen LogP contribution >= 0.6 is 0 Å². The standard InChI is InChI=1S/C15H20O2/c1-10-9-17-12-7-5-4-6-11(12)15(10)13(8-16)14(15,2)3/h4-7,10,13,16H,8-9H2,1-3H3. The van der Waals surface area contributed by atoms with Gasteiger partial charge >= 0.3 is 0 Å². The van der Waals surface area contributed by atoms with Crippen LogP contribution in [0.1, 0.15) is 26.3 Å². The first-order valence-corrected chi connectivity index (χ1v) is 6.40. The molecule has 0 radical (unpaired) electrons. The number of para-hydroxylation sites is 1. The molecule has 0 amide bonds. The third-order valence-corrected chi connectivity index (χ3v) is 5.19. The molecule has 1 aliphatic carbocycles. The molecule has 1 heterocycles. The van der Waals surface area contributed by atoms with Gasteiger partial charge in [0.05, 0.1) is 6.61 Å². The second-order valence-corrected chi connectivity index (χ2v) is 6.03. The van der Waals surface area contributed by atoms with Crippen LogP contribution in [0, 0.1) is 17.3 Å². The quantitative estimate of drug-likeness (QED) is 0.806. The molecule has 92 valence electrons. The van der Waals surface area contributed by atoms with E-state index in [2.05, 4.69) is 32.9 Å². The molecule has 17 heavy (non-hydrogen) atoms. The maximum atomic E-state index is 9.66. The van der Waals surface area contributed by atoms with E-state index < -0.39 is 0 Å². The van der Waals surface area contributed by atoms with Gasteiger partial charge in [-0.15, -0.1) is 0 Å². The van der Waals surface area contributed by atoms with Gasteiger partial charge in [0.15, 0.2) is 0 Å². The van der Waals surface area contributed by atoms with E-state index in [4.69, 9.17) is 4.74 Å². The molecule has 1 aromatic rings. The molecule has 1 fully saturated rings. The summed E-state index contributed by atoms with van der Waals surface area (Å²) in [5.74, 6) is 1.83. The summed E-state index contributed by atoms with van der Waals surface area (Å²) in [4.78, 5) is 0. The van der Waals surface area contributed by atoms with Crippen LogP contribution in [-0.2, 0) is 5.41 Å². The summed E-state index contributed by atoms with van der Waals surface area (Å²) in [5, 5.41) is 9.66. The Hall–Kier alpha value is -1.02. The van der Waals surface area contributed by atoms with E-state index in [1.165, 1.54) is 5.56 Å². The number of ether oxygens (including phenoxy) is 1. The van der Waals surface area contributed by atoms with Crippen molar-refractivity contribution in [2.75, 3.05) is 13.2 Å². The Morgan fingerprint density at radius 1 is 1.35 bits per heavy atom. The molecule has 0 saturated heterocycles. The first-order chi connectivity index (χ1) is 8.06. The van der Waals surface area contributed by atoms with Gasteiger partial charge in [-0.2, -0.15) is 0 Å². The van der Waals surface area contributed by atoms with E-state index in [0.717, 1.165) is 12.4 Å². The maximum Gasteiger partial charge on any atom is 0.123 e. The van der Waals surface area contributed by atoms with Gasteiger partial charge in [0.25, 0.3) is 0 Å². The molecule has 0 bridgehead atoms. The predicted octanol–water partition coefficient (Wildman–Crippen LogP) is 2.60.